The van der Waals surface area contributed by atoms with Crippen LogP contribution in [-0.4, -0.2) is 68.3 Å². The number of hydrogen-bond donors (Lipinski definition) is 3. The Morgan fingerprint density at radius 3 is 1.84 bits per heavy atom. The number of anilines is 4. The van der Waals surface area contributed by atoms with Gasteiger partial charge in [-0.15, -0.1) is 0 Å². The molecule has 2 aromatic heterocycles. The summed E-state index contributed by atoms with van der Waals surface area (Å²) >= 11 is 0. The van der Waals surface area contributed by atoms with Crippen LogP contribution in [-0.2, 0) is 0 Å². The Kier molecular flexibility index (Phi) is 9.60. The van der Waals surface area contributed by atoms with Gasteiger partial charge in [-0.05, 0) is 55.4 Å². The minimum atomic E-state index is -0.101. The molecule has 0 aliphatic rings. The van der Waals surface area contributed by atoms with Crippen LogP contribution >= 0.6 is 0 Å². The van der Waals surface area contributed by atoms with Crippen LogP contribution in [0.2, 0.25) is 0 Å². The van der Waals surface area contributed by atoms with E-state index >= 15 is 0 Å². The van der Waals surface area contributed by atoms with E-state index in [2.05, 4.69) is 61.3 Å². The van der Waals surface area contributed by atoms with Crippen LogP contribution in [0.5, 0.6) is 12.0 Å². The molecule has 0 spiro atoms. The molecule has 0 aliphatic heterocycles. The molecule has 12 nitrogen and oxygen atoms in total. The molecule has 0 atom stereocenters. The van der Waals surface area contributed by atoms with Crippen molar-refractivity contribution >= 4 is 23.8 Å². The second-order valence-electron chi connectivity index (χ2n) is 8.77. The van der Waals surface area contributed by atoms with Crippen LogP contribution in [0.1, 0.15) is 55.4 Å². The van der Waals surface area contributed by atoms with Gasteiger partial charge in [0.05, 0.1) is 14.2 Å². The second-order valence-corrected chi connectivity index (χ2v) is 8.77. The van der Waals surface area contributed by atoms with Gasteiger partial charge in [0, 0.05) is 24.2 Å². The summed E-state index contributed by atoms with van der Waals surface area (Å²) in [7, 11) is 3.04. The highest BCUT2D eigenvalue weighted by Gasteiger charge is 2.23. The molecule has 2 rings (SSSR count). The van der Waals surface area contributed by atoms with Gasteiger partial charge < -0.3 is 30.7 Å². The van der Waals surface area contributed by atoms with Gasteiger partial charge in [-0.1, -0.05) is 0 Å². The molecular formula is C20H38N10O2. The van der Waals surface area contributed by atoms with Crippen LogP contribution in [0.4, 0.5) is 23.8 Å². The van der Waals surface area contributed by atoms with E-state index in [0.29, 0.717) is 23.9 Å². The topological polar surface area (TPSA) is 149 Å². The maximum Gasteiger partial charge on any atom is 0.322 e. The van der Waals surface area contributed by atoms with Gasteiger partial charge in [0.15, 0.2) is 0 Å². The standard InChI is InChI=1S/2C10H19N5O/c1-6-15(10(2,3)4)8-12-7(11)13-9(14-8)16-5;1-6-11-7-12-8(15-10(2,3)4)14-9(13-7)16-5/h6H2,1-5H3,(H2,11,12,13,14);6H2,1-5H3,(H2,11,12,13,14,15). The van der Waals surface area contributed by atoms with Gasteiger partial charge in [0.1, 0.15) is 0 Å². The zero-order chi connectivity index (χ0) is 24.5. The van der Waals surface area contributed by atoms with Crippen molar-refractivity contribution in [3.8, 4) is 12.0 Å². The lowest BCUT2D eigenvalue weighted by molar-refractivity contribution is 0.377. The second kappa shape index (κ2) is 11.4. The van der Waals surface area contributed by atoms with Crippen LogP contribution in [0.25, 0.3) is 0 Å². The number of rotatable bonds is 7. The number of ether oxygens (including phenoxy) is 2. The fourth-order valence-corrected chi connectivity index (χ4v) is 2.57. The van der Waals surface area contributed by atoms with Crippen molar-refractivity contribution in [2.45, 2.75) is 66.5 Å². The number of methoxy groups -OCH3 is 2. The van der Waals surface area contributed by atoms with Crippen molar-refractivity contribution in [1.29, 1.82) is 0 Å². The van der Waals surface area contributed by atoms with E-state index in [4.69, 9.17) is 15.2 Å². The van der Waals surface area contributed by atoms with Crippen LogP contribution in [0.15, 0.2) is 0 Å². The number of nitrogens with zero attached hydrogens (tertiary/aromatic N) is 7. The summed E-state index contributed by atoms with van der Waals surface area (Å²) in [6.45, 7) is 17.9. The molecule has 0 unspecified atom stereocenters. The maximum absolute atomic E-state index is 5.60. The highest BCUT2D eigenvalue weighted by atomic mass is 16.5. The smallest absolute Gasteiger partial charge is 0.322 e. The average Bonchev–Trinajstić information content (AvgIpc) is 2.66. The Labute approximate surface area is 190 Å². The highest BCUT2D eigenvalue weighted by molar-refractivity contribution is 5.39. The van der Waals surface area contributed by atoms with Gasteiger partial charge >= 0.3 is 12.0 Å². The third-order valence-corrected chi connectivity index (χ3v) is 3.79. The fourth-order valence-electron chi connectivity index (χ4n) is 2.57. The van der Waals surface area contributed by atoms with Crippen molar-refractivity contribution in [2.24, 2.45) is 0 Å². The lowest BCUT2D eigenvalue weighted by atomic mass is 10.1. The minimum Gasteiger partial charge on any atom is -0.467 e. The first-order valence-electron chi connectivity index (χ1n) is 10.5. The third-order valence-electron chi connectivity index (χ3n) is 3.79. The normalized spacial score (nSPS) is 11.2. The first-order valence-corrected chi connectivity index (χ1v) is 10.5. The molecule has 0 saturated heterocycles. The molecule has 0 radical (unpaired) electrons. The number of nitrogens with one attached hydrogen (secondary N) is 2. The summed E-state index contributed by atoms with van der Waals surface area (Å²) in [6.07, 6.45) is 0. The Balaban J connectivity index is 0.000000320. The monoisotopic (exact) mass is 450 g/mol. The molecule has 32 heavy (non-hydrogen) atoms. The van der Waals surface area contributed by atoms with Gasteiger partial charge in [-0.25, -0.2) is 0 Å². The first-order chi connectivity index (χ1) is 14.8. The summed E-state index contributed by atoms with van der Waals surface area (Å²) in [5.74, 6) is 1.74. The summed E-state index contributed by atoms with van der Waals surface area (Å²) in [6, 6.07) is 0.544. The van der Waals surface area contributed by atoms with Crippen molar-refractivity contribution < 1.29 is 9.47 Å². The summed E-state index contributed by atoms with van der Waals surface area (Å²) in [5, 5.41) is 6.20. The fraction of sp³-hybridized carbons (Fsp3) is 0.700. The van der Waals surface area contributed by atoms with Crippen molar-refractivity contribution in [2.75, 3.05) is 48.6 Å². The van der Waals surface area contributed by atoms with Gasteiger partial charge in [0.2, 0.25) is 23.8 Å². The molecule has 2 heterocycles. The average molecular weight is 451 g/mol. The number of hydrogen-bond acceptors (Lipinski definition) is 12. The quantitative estimate of drug-likeness (QED) is 0.569. The zero-order valence-electron chi connectivity index (χ0n) is 20.9. The largest absolute Gasteiger partial charge is 0.467 e. The minimum absolute atomic E-state index is 0.0758. The van der Waals surface area contributed by atoms with Crippen LogP contribution < -0.4 is 30.7 Å². The SMILES string of the molecule is CCN(c1nc(N)nc(OC)n1)C(C)(C)C.CCNc1nc(NC(C)(C)C)nc(OC)n1. The van der Waals surface area contributed by atoms with Gasteiger partial charge in [-0.2, -0.15) is 29.9 Å². The van der Waals surface area contributed by atoms with E-state index in [-0.39, 0.29) is 23.0 Å². The molecule has 0 saturated carbocycles. The van der Waals surface area contributed by atoms with E-state index in [0.717, 1.165) is 13.1 Å². The Bertz CT molecular complexity index is 847. The molecule has 0 aromatic carbocycles. The van der Waals surface area contributed by atoms with E-state index in [1.165, 1.54) is 14.2 Å². The summed E-state index contributed by atoms with van der Waals surface area (Å²) in [4.78, 5) is 26.6. The molecule has 12 heteroatoms. The van der Waals surface area contributed by atoms with E-state index in [9.17, 15) is 0 Å². The molecular weight excluding hydrogens is 412 g/mol. The van der Waals surface area contributed by atoms with Gasteiger partial charge in [0.25, 0.3) is 0 Å². The molecule has 0 amide bonds. The Morgan fingerprint density at radius 1 is 0.812 bits per heavy atom. The Hall–Kier alpha value is -3.18. The van der Waals surface area contributed by atoms with Crippen molar-refractivity contribution in [1.82, 2.24) is 29.9 Å². The van der Waals surface area contributed by atoms with Crippen molar-refractivity contribution in [3.63, 3.8) is 0 Å². The van der Waals surface area contributed by atoms with E-state index in [1.54, 1.807) is 0 Å². The maximum atomic E-state index is 5.60. The predicted molar refractivity (Wildman–Crippen MR) is 127 cm³/mol. The lowest BCUT2D eigenvalue weighted by Gasteiger charge is -2.34. The van der Waals surface area contributed by atoms with Crippen LogP contribution in [0.3, 0.4) is 0 Å². The van der Waals surface area contributed by atoms with E-state index in [1.807, 2.05) is 39.5 Å². The zero-order valence-corrected chi connectivity index (χ0v) is 20.9. The molecule has 4 N–H and O–H groups in total. The lowest BCUT2D eigenvalue weighted by Crippen LogP contribution is -2.42. The first kappa shape index (κ1) is 26.9. The molecule has 2 aromatic rings. The van der Waals surface area contributed by atoms with Crippen LogP contribution in [0, 0.1) is 0 Å². The van der Waals surface area contributed by atoms with Crippen molar-refractivity contribution in [3.05, 3.63) is 0 Å². The summed E-state index contributed by atoms with van der Waals surface area (Å²) < 4.78 is 9.99. The third kappa shape index (κ3) is 8.90. The number of nitrogen functional groups attached to an aromatic ring is 1. The predicted octanol–water partition coefficient (Wildman–Crippen LogP) is 2.61. The Morgan fingerprint density at radius 2 is 1.38 bits per heavy atom. The molecule has 0 aliphatic carbocycles. The van der Waals surface area contributed by atoms with E-state index < -0.39 is 0 Å². The van der Waals surface area contributed by atoms with Gasteiger partial charge in [-0.3, -0.25) is 0 Å². The number of aromatic nitrogens is 6. The number of nitrogens with two attached hydrogens (primary N) is 1. The summed E-state index contributed by atoms with van der Waals surface area (Å²) in [5.41, 5.74) is 5.42. The molecule has 0 fully saturated rings. The molecule has 180 valence electrons. The highest BCUT2D eigenvalue weighted by Crippen LogP contribution is 2.21. The molecule has 0 bridgehead atoms.